The molecule has 0 amide bonds. The lowest BCUT2D eigenvalue weighted by molar-refractivity contribution is 0.401. The van der Waals surface area contributed by atoms with Crippen LogP contribution in [-0.2, 0) is 10.0 Å². The Balaban J connectivity index is 2.01. The molecule has 1 aliphatic rings. The molecule has 1 atom stereocenters. The van der Waals surface area contributed by atoms with Crippen LogP contribution in [0.25, 0.3) is 0 Å². The van der Waals surface area contributed by atoms with Gasteiger partial charge in [-0.15, -0.1) is 11.3 Å². The zero-order valence-corrected chi connectivity index (χ0v) is 13.6. The number of thiophene rings is 1. The van der Waals surface area contributed by atoms with Crippen LogP contribution < -0.4 is 5.73 Å². The topological polar surface area (TPSA) is 63.4 Å². The summed E-state index contributed by atoms with van der Waals surface area (Å²) in [5.41, 5.74) is 6.05. The third-order valence-electron chi connectivity index (χ3n) is 3.63. The molecule has 2 N–H and O–H groups in total. The van der Waals surface area contributed by atoms with Crippen molar-refractivity contribution in [3.63, 3.8) is 0 Å². The summed E-state index contributed by atoms with van der Waals surface area (Å²) in [4.78, 5) is 1.21. The van der Waals surface area contributed by atoms with Gasteiger partial charge < -0.3 is 5.73 Å². The largest absolute Gasteiger partial charge is 0.398 e. The predicted molar refractivity (Wildman–Crippen MR) is 86.1 cm³/mol. The molecule has 7 heteroatoms. The first kappa shape index (κ1) is 14.8. The first-order valence-electron chi connectivity index (χ1n) is 6.60. The summed E-state index contributed by atoms with van der Waals surface area (Å²) < 4.78 is 27.3. The van der Waals surface area contributed by atoms with Crippen LogP contribution in [0.2, 0.25) is 5.02 Å². The van der Waals surface area contributed by atoms with Crippen LogP contribution in [0.15, 0.2) is 40.6 Å². The van der Waals surface area contributed by atoms with Crippen molar-refractivity contribution >= 4 is 38.6 Å². The van der Waals surface area contributed by atoms with Crippen LogP contribution in [0.5, 0.6) is 0 Å². The van der Waals surface area contributed by atoms with Gasteiger partial charge >= 0.3 is 0 Å². The third kappa shape index (κ3) is 2.68. The van der Waals surface area contributed by atoms with E-state index in [9.17, 15) is 8.42 Å². The molecule has 0 aliphatic carbocycles. The molecule has 3 rings (SSSR count). The maximum absolute atomic E-state index is 12.9. The summed E-state index contributed by atoms with van der Waals surface area (Å²) >= 11 is 7.43. The molecule has 0 saturated carbocycles. The van der Waals surface area contributed by atoms with Crippen LogP contribution in [-0.4, -0.2) is 19.3 Å². The smallest absolute Gasteiger partial charge is 0.245 e. The molecule has 1 aliphatic heterocycles. The third-order valence-corrected chi connectivity index (χ3v) is 6.82. The van der Waals surface area contributed by atoms with Gasteiger partial charge in [0.25, 0.3) is 0 Å². The molecule has 0 spiro atoms. The van der Waals surface area contributed by atoms with Crippen molar-refractivity contribution in [2.24, 2.45) is 0 Å². The van der Waals surface area contributed by atoms with E-state index in [1.165, 1.54) is 12.1 Å². The highest BCUT2D eigenvalue weighted by Gasteiger charge is 2.37. The molecule has 112 valence electrons. The van der Waals surface area contributed by atoms with E-state index in [-0.39, 0.29) is 16.6 Å². The summed E-state index contributed by atoms with van der Waals surface area (Å²) in [6.07, 6.45) is 1.70. The van der Waals surface area contributed by atoms with Gasteiger partial charge in [-0.2, -0.15) is 4.31 Å². The van der Waals surface area contributed by atoms with Crippen LogP contribution in [0, 0.1) is 0 Å². The van der Waals surface area contributed by atoms with Crippen LogP contribution in [0.3, 0.4) is 0 Å². The summed E-state index contributed by atoms with van der Waals surface area (Å²) in [6, 6.07) is 8.35. The van der Waals surface area contributed by atoms with Gasteiger partial charge in [-0.3, -0.25) is 0 Å². The highest BCUT2D eigenvalue weighted by atomic mass is 35.5. The second-order valence-electron chi connectivity index (χ2n) is 4.97. The number of rotatable bonds is 3. The molecular weight excluding hydrogens is 328 g/mol. The van der Waals surface area contributed by atoms with E-state index in [0.29, 0.717) is 11.6 Å². The number of sulfonamides is 1. The first-order chi connectivity index (χ1) is 10.00. The Morgan fingerprint density at radius 2 is 2.14 bits per heavy atom. The number of halogens is 1. The number of nitrogens with two attached hydrogens (primary N) is 1. The molecule has 2 heterocycles. The molecule has 4 nitrogen and oxygen atoms in total. The Labute approximate surface area is 133 Å². The zero-order chi connectivity index (χ0) is 15.0. The average molecular weight is 343 g/mol. The lowest BCUT2D eigenvalue weighted by Gasteiger charge is -2.24. The molecule has 1 unspecified atom stereocenters. The van der Waals surface area contributed by atoms with Crippen molar-refractivity contribution in [3.8, 4) is 0 Å². The SMILES string of the molecule is Nc1cc(Cl)ccc1S(=O)(=O)N1CCCC1c1cccs1. The van der Waals surface area contributed by atoms with Crippen LogP contribution in [0.1, 0.15) is 23.8 Å². The fraction of sp³-hybridized carbons (Fsp3) is 0.286. The highest BCUT2D eigenvalue weighted by molar-refractivity contribution is 7.89. The molecule has 0 bridgehead atoms. The fourth-order valence-corrected chi connectivity index (χ4v) is 5.57. The summed E-state index contributed by atoms with van der Waals surface area (Å²) in [6.45, 7) is 0.521. The Kier molecular flexibility index (Phi) is 3.96. The van der Waals surface area contributed by atoms with Gasteiger partial charge in [-0.05, 0) is 42.5 Å². The number of nitrogens with zero attached hydrogens (tertiary/aromatic N) is 1. The predicted octanol–water partition coefficient (Wildman–Crippen LogP) is 3.51. The van der Waals surface area contributed by atoms with E-state index in [0.717, 1.165) is 17.7 Å². The van der Waals surface area contributed by atoms with E-state index < -0.39 is 10.0 Å². The second-order valence-corrected chi connectivity index (χ2v) is 8.25. The minimum absolute atomic E-state index is 0.0925. The van der Waals surface area contributed by atoms with Crippen molar-refractivity contribution in [2.45, 2.75) is 23.8 Å². The van der Waals surface area contributed by atoms with E-state index in [1.807, 2.05) is 17.5 Å². The van der Waals surface area contributed by atoms with E-state index in [4.69, 9.17) is 17.3 Å². The second kappa shape index (κ2) is 5.61. The number of hydrogen-bond acceptors (Lipinski definition) is 4. The Hall–Kier alpha value is -1.08. The molecule has 21 heavy (non-hydrogen) atoms. The first-order valence-corrected chi connectivity index (χ1v) is 9.30. The molecular formula is C14H15ClN2O2S2. The fourth-order valence-electron chi connectivity index (χ4n) is 2.67. The standard InChI is InChI=1S/C14H15ClN2O2S2/c15-10-5-6-14(11(16)9-10)21(18,19)17-7-1-3-12(17)13-4-2-8-20-13/h2,4-6,8-9,12H,1,3,7,16H2. The van der Waals surface area contributed by atoms with Gasteiger partial charge in [-0.1, -0.05) is 17.7 Å². The molecule has 0 radical (unpaired) electrons. The number of anilines is 1. The van der Waals surface area contributed by atoms with E-state index in [2.05, 4.69) is 0 Å². The Morgan fingerprint density at radius 3 is 2.81 bits per heavy atom. The van der Waals surface area contributed by atoms with Crippen molar-refractivity contribution < 1.29 is 8.42 Å². The van der Waals surface area contributed by atoms with E-state index in [1.54, 1.807) is 21.7 Å². The van der Waals surface area contributed by atoms with Crippen LogP contribution >= 0.6 is 22.9 Å². The minimum Gasteiger partial charge on any atom is -0.398 e. The summed E-state index contributed by atoms with van der Waals surface area (Å²) in [5.74, 6) is 0. The normalized spacial score (nSPS) is 20.0. The van der Waals surface area contributed by atoms with Crippen LogP contribution in [0.4, 0.5) is 5.69 Å². The monoisotopic (exact) mass is 342 g/mol. The van der Waals surface area contributed by atoms with Crippen molar-refractivity contribution in [3.05, 3.63) is 45.6 Å². The van der Waals surface area contributed by atoms with E-state index >= 15 is 0 Å². The summed E-state index contributed by atoms with van der Waals surface area (Å²) in [5, 5.41) is 2.40. The number of hydrogen-bond donors (Lipinski definition) is 1. The number of nitrogen functional groups attached to an aromatic ring is 1. The lowest BCUT2D eigenvalue weighted by Crippen LogP contribution is -2.30. The number of benzene rings is 1. The van der Waals surface area contributed by atoms with Gasteiger partial charge in [-0.25, -0.2) is 8.42 Å². The molecule has 1 fully saturated rings. The maximum atomic E-state index is 12.9. The molecule has 1 aromatic heterocycles. The molecule has 1 aromatic carbocycles. The van der Waals surface area contributed by atoms with Crippen molar-refractivity contribution in [1.82, 2.24) is 4.31 Å². The van der Waals surface area contributed by atoms with Gasteiger partial charge in [0.15, 0.2) is 0 Å². The molecule has 1 saturated heterocycles. The van der Waals surface area contributed by atoms with Gasteiger partial charge in [0.1, 0.15) is 4.90 Å². The zero-order valence-electron chi connectivity index (χ0n) is 11.2. The van der Waals surface area contributed by atoms with Crippen molar-refractivity contribution in [1.29, 1.82) is 0 Å². The van der Waals surface area contributed by atoms with Gasteiger partial charge in [0.2, 0.25) is 10.0 Å². The van der Waals surface area contributed by atoms with Gasteiger partial charge in [0.05, 0.1) is 11.7 Å². The average Bonchev–Trinajstić information content (AvgIpc) is 3.09. The van der Waals surface area contributed by atoms with Crippen molar-refractivity contribution in [2.75, 3.05) is 12.3 Å². The van der Waals surface area contributed by atoms with Gasteiger partial charge in [0, 0.05) is 16.4 Å². The quantitative estimate of drug-likeness (QED) is 0.868. The Morgan fingerprint density at radius 1 is 1.33 bits per heavy atom. The minimum atomic E-state index is -3.60. The summed E-state index contributed by atoms with van der Waals surface area (Å²) in [7, 11) is -3.60. The maximum Gasteiger partial charge on any atom is 0.245 e. The Bertz CT molecular complexity index is 744. The highest BCUT2D eigenvalue weighted by Crippen LogP contribution is 2.39. The molecule has 2 aromatic rings. The lowest BCUT2D eigenvalue weighted by atomic mass is 10.2.